The summed E-state index contributed by atoms with van der Waals surface area (Å²) in [6.07, 6.45) is 3.31. The molecule has 2 atom stereocenters. The number of carbonyl (C=O) groups is 1. The number of fused-ring (bicyclic) bond motifs is 4. The third-order valence-corrected chi connectivity index (χ3v) is 6.88. The number of rotatable bonds is 2. The molecular weight excluding hydrogens is 428 g/mol. The molecule has 0 aliphatic carbocycles. The zero-order chi connectivity index (χ0) is 23.5. The Balaban J connectivity index is 1.94. The summed E-state index contributed by atoms with van der Waals surface area (Å²) in [6.45, 7) is 4.24. The molecule has 7 nitrogen and oxygen atoms in total. The van der Waals surface area contributed by atoms with Crippen LogP contribution in [0.25, 0.3) is 0 Å². The molecule has 4 bridgehead atoms. The highest BCUT2D eigenvalue weighted by atomic mass is 32.2. The Labute approximate surface area is 190 Å². The molecule has 0 fully saturated rings. The Morgan fingerprint density at radius 2 is 1.81 bits per heavy atom. The molecule has 0 amide bonds. The van der Waals surface area contributed by atoms with Crippen LogP contribution in [0.1, 0.15) is 37.0 Å². The molecule has 2 N–H and O–H groups in total. The summed E-state index contributed by atoms with van der Waals surface area (Å²) in [4.78, 5) is 12.8. The summed E-state index contributed by atoms with van der Waals surface area (Å²) in [5.41, 5.74) is 8.36. The first-order chi connectivity index (χ1) is 14.9. The number of nitrogens with two attached hydrogens (primary N) is 1. The molecule has 2 unspecified atom stereocenters. The maximum atomic E-state index is 12.8. The molecule has 2 aromatic carbocycles. The zero-order valence-electron chi connectivity index (χ0n) is 19.1. The van der Waals surface area contributed by atoms with Gasteiger partial charge in [0.05, 0.1) is 18.6 Å². The Kier molecular flexibility index (Phi) is 7.15. The lowest BCUT2D eigenvalue weighted by Crippen LogP contribution is -2.48. The summed E-state index contributed by atoms with van der Waals surface area (Å²) < 4.78 is 36.8. The lowest BCUT2D eigenvalue weighted by Gasteiger charge is -2.24. The minimum absolute atomic E-state index is 0.0387. The standard InChI is InChI=1S/C24H32N2O5S/c1-17-8-9-18-6-5-7-19(10-18)14-24(2,25)23(27)31-16-20-11-21(26(3)32(4,28)29)13-22(12-20)30-15-17/h5-7,10-13,17H,8-9,14-16,25H2,1-4H3. The van der Waals surface area contributed by atoms with Crippen molar-refractivity contribution in [3.05, 3.63) is 59.2 Å². The highest BCUT2D eigenvalue weighted by Crippen LogP contribution is 2.27. The molecule has 0 saturated carbocycles. The quantitative estimate of drug-likeness (QED) is 0.692. The fraction of sp³-hybridized carbons (Fsp3) is 0.458. The fourth-order valence-electron chi connectivity index (χ4n) is 3.62. The summed E-state index contributed by atoms with van der Waals surface area (Å²) in [5, 5.41) is 0. The van der Waals surface area contributed by atoms with Crippen molar-refractivity contribution in [2.45, 2.75) is 45.3 Å². The smallest absolute Gasteiger partial charge is 0.326 e. The van der Waals surface area contributed by atoms with E-state index in [9.17, 15) is 13.2 Å². The predicted octanol–water partition coefficient (Wildman–Crippen LogP) is 3.05. The molecule has 1 aliphatic rings. The second-order valence-electron chi connectivity index (χ2n) is 9.01. The molecule has 174 valence electrons. The monoisotopic (exact) mass is 460 g/mol. The second-order valence-corrected chi connectivity index (χ2v) is 11.0. The van der Waals surface area contributed by atoms with Gasteiger partial charge >= 0.3 is 5.97 Å². The molecule has 0 spiro atoms. The fourth-order valence-corrected chi connectivity index (χ4v) is 4.11. The van der Waals surface area contributed by atoms with Crippen LogP contribution < -0.4 is 14.8 Å². The summed E-state index contributed by atoms with van der Waals surface area (Å²) in [5.74, 6) is 0.303. The van der Waals surface area contributed by atoms with E-state index in [-0.39, 0.29) is 6.61 Å². The van der Waals surface area contributed by atoms with Crippen molar-refractivity contribution in [3.63, 3.8) is 0 Å². The number of nitrogens with zero attached hydrogens (tertiary/aromatic N) is 1. The Bertz CT molecular complexity index is 1080. The number of sulfonamides is 1. The number of carbonyl (C=O) groups excluding carboxylic acids is 1. The first-order valence-electron chi connectivity index (χ1n) is 10.7. The van der Waals surface area contributed by atoms with Gasteiger partial charge in [-0.2, -0.15) is 0 Å². The molecule has 1 aliphatic heterocycles. The van der Waals surface area contributed by atoms with Crippen LogP contribution >= 0.6 is 0 Å². The normalized spacial score (nSPS) is 22.5. The number of hydrogen-bond donors (Lipinski definition) is 1. The van der Waals surface area contributed by atoms with Crippen molar-refractivity contribution in [1.82, 2.24) is 0 Å². The van der Waals surface area contributed by atoms with Crippen LogP contribution in [0.5, 0.6) is 5.75 Å². The van der Waals surface area contributed by atoms with Crippen molar-refractivity contribution in [1.29, 1.82) is 0 Å². The molecule has 2 aromatic rings. The number of hydrogen-bond acceptors (Lipinski definition) is 6. The SMILES string of the molecule is CC1CCc2cccc(c2)CC(C)(N)C(=O)OCc2cc(cc(N(C)S(C)(=O)=O)c2)OC1. The number of benzene rings is 2. The van der Waals surface area contributed by atoms with Gasteiger partial charge in [-0.05, 0) is 54.5 Å². The van der Waals surface area contributed by atoms with Crippen LogP contribution in [-0.4, -0.2) is 39.8 Å². The number of aryl methyl sites for hydroxylation is 1. The van der Waals surface area contributed by atoms with Gasteiger partial charge in [-0.15, -0.1) is 0 Å². The van der Waals surface area contributed by atoms with Gasteiger partial charge in [0.15, 0.2) is 0 Å². The third-order valence-electron chi connectivity index (χ3n) is 5.67. The van der Waals surface area contributed by atoms with E-state index in [2.05, 4.69) is 19.1 Å². The summed E-state index contributed by atoms with van der Waals surface area (Å²) >= 11 is 0. The molecule has 3 rings (SSSR count). The predicted molar refractivity (Wildman–Crippen MR) is 125 cm³/mol. The van der Waals surface area contributed by atoms with E-state index in [0.717, 1.165) is 24.7 Å². The Morgan fingerprint density at radius 1 is 1.09 bits per heavy atom. The van der Waals surface area contributed by atoms with Crippen LogP contribution in [0.2, 0.25) is 0 Å². The van der Waals surface area contributed by atoms with E-state index < -0.39 is 21.5 Å². The van der Waals surface area contributed by atoms with E-state index >= 15 is 0 Å². The lowest BCUT2D eigenvalue weighted by molar-refractivity contribution is -0.150. The molecule has 8 heteroatoms. The van der Waals surface area contributed by atoms with E-state index in [1.165, 1.54) is 16.9 Å². The number of cyclic esters (lactones) is 1. The minimum Gasteiger partial charge on any atom is -0.493 e. The first-order valence-corrected chi connectivity index (χ1v) is 12.5. The first kappa shape index (κ1) is 24.1. The van der Waals surface area contributed by atoms with Crippen molar-refractivity contribution in [2.75, 3.05) is 24.2 Å². The van der Waals surface area contributed by atoms with E-state index in [1.54, 1.807) is 25.1 Å². The van der Waals surface area contributed by atoms with Crippen molar-refractivity contribution < 1.29 is 22.7 Å². The van der Waals surface area contributed by atoms with Gasteiger partial charge in [-0.25, -0.2) is 8.42 Å². The summed E-state index contributed by atoms with van der Waals surface area (Å²) in [7, 11) is -1.99. The van der Waals surface area contributed by atoms with E-state index in [1.807, 2.05) is 12.1 Å². The molecule has 0 radical (unpaired) electrons. The summed E-state index contributed by atoms with van der Waals surface area (Å²) in [6, 6.07) is 13.2. The van der Waals surface area contributed by atoms with E-state index in [4.69, 9.17) is 15.2 Å². The van der Waals surface area contributed by atoms with Crippen molar-refractivity contribution in [3.8, 4) is 5.75 Å². The van der Waals surface area contributed by atoms with Crippen molar-refractivity contribution >= 4 is 21.7 Å². The van der Waals surface area contributed by atoms with Crippen LogP contribution in [-0.2, 0) is 39.0 Å². The van der Waals surface area contributed by atoms with Gasteiger partial charge in [-0.3, -0.25) is 9.10 Å². The van der Waals surface area contributed by atoms with Gasteiger partial charge in [-0.1, -0.05) is 31.2 Å². The van der Waals surface area contributed by atoms with Gasteiger partial charge < -0.3 is 15.2 Å². The van der Waals surface area contributed by atoms with Gasteiger partial charge in [0, 0.05) is 19.5 Å². The maximum absolute atomic E-state index is 12.8. The Morgan fingerprint density at radius 3 is 2.53 bits per heavy atom. The van der Waals surface area contributed by atoms with Crippen LogP contribution in [0.15, 0.2) is 42.5 Å². The average molecular weight is 461 g/mol. The van der Waals surface area contributed by atoms with E-state index in [0.29, 0.717) is 35.9 Å². The van der Waals surface area contributed by atoms with Crippen LogP contribution in [0, 0.1) is 5.92 Å². The zero-order valence-corrected chi connectivity index (χ0v) is 19.9. The van der Waals surface area contributed by atoms with Gasteiger partial charge in [0.1, 0.15) is 17.9 Å². The Hall–Kier alpha value is -2.58. The van der Waals surface area contributed by atoms with Gasteiger partial charge in [0.2, 0.25) is 10.0 Å². The molecule has 1 heterocycles. The van der Waals surface area contributed by atoms with Crippen molar-refractivity contribution in [2.24, 2.45) is 11.7 Å². The molecule has 0 saturated heterocycles. The maximum Gasteiger partial charge on any atom is 0.326 e. The topological polar surface area (TPSA) is 98.9 Å². The lowest BCUT2D eigenvalue weighted by atomic mass is 9.92. The molecule has 0 aromatic heterocycles. The van der Waals surface area contributed by atoms with Crippen LogP contribution in [0.4, 0.5) is 5.69 Å². The highest BCUT2D eigenvalue weighted by Gasteiger charge is 2.31. The number of esters is 1. The van der Waals surface area contributed by atoms with Crippen LogP contribution in [0.3, 0.4) is 0 Å². The highest BCUT2D eigenvalue weighted by molar-refractivity contribution is 7.92. The minimum atomic E-state index is -3.46. The number of ether oxygens (including phenoxy) is 2. The second kappa shape index (κ2) is 9.50. The molecule has 32 heavy (non-hydrogen) atoms. The van der Waals surface area contributed by atoms with Gasteiger partial charge in [0.25, 0.3) is 0 Å². The largest absolute Gasteiger partial charge is 0.493 e. The number of anilines is 1. The third kappa shape index (κ3) is 6.23. The average Bonchev–Trinajstić information content (AvgIpc) is 2.72. The molecular formula is C24H32N2O5S.